The number of aromatic carboxylic acids is 1. The molecule has 0 aromatic carbocycles. The fourth-order valence-electron chi connectivity index (χ4n) is 0.921. The van der Waals surface area contributed by atoms with Gasteiger partial charge in [0, 0.05) is 0 Å². The van der Waals surface area contributed by atoms with E-state index in [4.69, 9.17) is 5.11 Å². The standard InChI is InChI=1S/C7H8FNO3/c1-3(8)6-5(7(10)11)4(2)12-9-6/h3H,1-2H3,(H,10,11). The van der Waals surface area contributed by atoms with Crippen LogP contribution in [0.3, 0.4) is 0 Å². The van der Waals surface area contributed by atoms with Gasteiger partial charge in [0.25, 0.3) is 0 Å². The molecule has 1 unspecified atom stereocenters. The maximum atomic E-state index is 12.7. The Morgan fingerprint density at radius 2 is 2.33 bits per heavy atom. The first-order valence-electron chi connectivity index (χ1n) is 3.37. The number of rotatable bonds is 2. The van der Waals surface area contributed by atoms with Gasteiger partial charge in [-0.05, 0) is 13.8 Å². The summed E-state index contributed by atoms with van der Waals surface area (Å²) in [7, 11) is 0. The molecule has 0 spiro atoms. The van der Waals surface area contributed by atoms with Crippen molar-refractivity contribution in [3.63, 3.8) is 0 Å². The van der Waals surface area contributed by atoms with Crippen LogP contribution < -0.4 is 0 Å². The zero-order chi connectivity index (χ0) is 9.30. The Kier molecular flexibility index (Phi) is 2.12. The highest BCUT2D eigenvalue weighted by molar-refractivity contribution is 5.89. The zero-order valence-corrected chi connectivity index (χ0v) is 6.67. The van der Waals surface area contributed by atoms with Gasteiger partial charge in [0.05, 0.1) is 0 Å². The third-order valence-electron chi connectivity index (χ3n) is 1.48. The molecular weight excluding hydrogens is 165 g/mol. The summed E-state index contributed by atoms with van der Waals surface area (Å²) in [6.45, 7) is 2.64. The highest BCUT2D eigenvalue weighted by Crippen LogP contribution is 2.22. The van der Waals surface area contributed by atoms with Gasteiger partial charge in [-0.2, -0.15) is 0 Å². The molecule has 0 aliphatic rings. The Bertz CT molecular complexity index is 306. The van der Waals surface area contributed by atoms with E-state index in [9.17, 15) is 9.18 Å². The summed E-state index contributed by atoms with van der Waals surface area (Å²) >= 11 is 0. The molecule has 1 aromatic rings. The van der Waals surface area contributed by atoms with E-state index in [1.807, 2.05) is 0 Å². The summed E-state index contributed by atoms with van der Waals surface area (Å²) in [6, 6.07) is 0. The number of alkyl halides is 1. The molecule has 0 aliphatic heterocycles. The van der Waals surface area contributed by atoms with E-state index >= 15 is 0 Å². The maximum absolute atomic E-state index is 12.7. The van der Waals surface area contributed by atoms with Crippen molar-refractivity contribution in [1.29, 1.82) is 0 Å². The fraction of sp³-hybridized carbons (Fsp3) is 0.429. The van der Waals surface area contributed by atoms with E-state index in [-0.39, 0.29) is 17.0 Å². The summed E-state index contributed by atoms with van der Waals surface area (Å²) in [5.41, 5.74) is -0.329. The van der Waals surface area contributed by atoms with Gasteiger partial charge in [-0.15, -0.1) is 0 Å². The predicted octanol–water partition coefficient (Wildman–Crippen LogP) is 1.71. The van der Waals surface area contributed by atoms with Crippen LogP contribution in [0.25, 0.3) is 0 Å². The van der Waals surface area contributed by atoms with Crippen molar-refractivity contribution in [1.82, 2.24) is 5.16 Å². The van der Waals surface area contributed by atoms with Crippen LogP contribution in [-0.4, -0.2) is 16.2 Å². The van der Waals surface area contributed by atoms with E-state index < -0.39 is 12.1 Å². The SMILES string of the molecule is Cc1onc(C(C)F)c1C(=O)O. The molecule has 0 saturated heterocycles. The minimum Gasteiger partial charge on any atom is -0.477 e. The lowest BCUT2D eigenvalue weighted by atomic mass is 10.1. The minimum atomic E-state index is -1.42. The molecule has 4 nitrogen and oxygen atoms in total. The van der Waals surface area contributed by atoms with Gasteiger partial charge in [0.15, 0.2) is 0 Å². The van der Waals surface area contributed by atoms with Gasteiger partial charge in [-0.25, -0.2) is 9.18 Å². The maximum Gasteiger partial charge on any atom is 0.341 e. The van der Waals surface area contributed by atoms with Gasteiger partial charge in [-0.3, -0.25) is 0 Å². The van der Waals surface area contributed by atoms with E-state index in [0.29, 0.717) is 0 Å². The number of hydrogen-bond donors (Lipinski definition) is 1. The molecule has 1 N–H and O–H groups in total. The molecule has 0 fully saturated rings. The number of aryl methyl sites for hydroxylation is 1. The first kappa shape index (κ1) is 8.70. The molecule has 5 heteroatoms. The molecule has 1 atom stereocenters. The van der Waals surface area contributed by atoms with E-state index in [0.717, 1.165) is 0 Å². The third-order valence-corrected chi connectivity index (χ3v) is 1.48. The molecule has 1 heterocycles. The van der Waals surface area contributed by atoms with Crippen LogP contribution in [-0.2, 0) is 0 Å². The molecule has 0 aliphatic carbocycles. The number of nitrogens with zero attached hydrogens (tertiary/aromatic N) is 1. The molecule has 1 aromatic heterocycles. The topological polar surface area (TPSA) is 63.3 Å². The number of aromatic nitrogens is 1. The van der Waals surface area contributed by atoms with Crippen LogP contribution >= 0.6 is 0 Å². The van der Waals surface area contributed by atoms with Gasteiger partial charge < -0.3 is 9.63 Å². The normalized spacial score (nSPS) is 12.9. The molecular formula is C7H8FNO3. The van der Waals surface area contributed by atoms with Crippen molar-refractivity contribution < 1.29 is 18.8 Å². The van der Waals surface area contributed by atoms with Gasteiger partial charge in [0.2, 0.25) is 0 Å². The lowest BCUT2D eigenvalue weighted by Crippen LogP contribution is -2.02. The van der Waals surface area contributed by atoms with E-state index in [1.54, 1.807) is 0 Å². The highest BCUT2D eigenvalue weighted by Gasteiger charge is 2.23. The Labute approximate surface area is 68.0 Å². The van der Waals surface area contributed by atoms with Gasteiger partial charge in [0.1, 0.15) is 23.2 Å². The van der Waals surface area contributed by atoms with Crippen LogP contribution in [0.4, 0.5) is 4.39 Å². The van der Waals surface area contributed by atoms with Crippen LogP contribution in [0.5, 0.6) is 0 Å². The number of carbonyl (C=O) groups is 1. The first-order chi connectivity index (χ1) is 5.54. The van der Waals surface area contributed by atoms with Gasteiger partial charge in [-0.1, -0.05) is 5.16 Å². The Morgan fingerprint density at radius 1 is 1.75 bits per heavy atom. The third kappa shape index (κ3) is 1.30. The zero-order valence-electron chi connectivity index (χ0n) is 6.67. The molecule has 66 valence electrons. The van der Waals surface area contributed by atoms with Crippen LogP contribution in [0.1, 0.15) is 34.9 Å². The average Bonchev–Trinajstić information content (AvgIpc) is 2.30. The molecule has 12 heavy (non-hydrogen) atoms. The summed E-state index contributed by atoms with van der Waals surface area (Å²) in [4.78, 5) is 10.5. The molecule has 0 amide bonds. The molecule has 1 rings (SSSR count). The van der Waals surface area contributed by atoms with Crippen molar-refractivity contribution in [2.24, 2.45) is 0 Å². The monoisotopic (exact) mass is 173 g/mol. The number of carboxylic acids is 1. The quantitative estimate of drug-likeness (QED) is 0.739. The smallest absolute Gasteiger partial charge is 0.341 e. The predicted molar refractivity (Wildman–Crippen MR) is 37.7 cm³/mol. The lowest BCUT2D eigenvalue weighted by Gasteiger charge is -1.95. The lowest BCUT2D eigenvalue weighted by molar-refractivity contribution is 0.0692. The largest absolute Gasteiger partial charge is 0.477 e. The fourth-order valence-corrected chi connectivity index (χ4v) is 0.921. The molecule has 0 bridgehead atoms. The van der Waals surface area contributed by atoms with Crippen LogP contribution in [0.2, 0.25) is 0 Å². The number of carboxylic acid groups (broad SMARTS) is 1. The van der Waals surface area contributed by atoms with Crippen molar-refractivity contribution in [2.45, 2.75) is 20.0 Å². The van der Waals surface area contributed by atoms with Crippen molar-refractivity contribution >= 4 is 5.97 Å². The first-order valence-corrected chi connectivity index (χ1v) is 3.37. The summed E-state index contributed by atoms with van der Waals surface area (Å²) in [6.07, 6.45) is -1.42. The van der Waals surface area contributed by atoms with Crippen LogP contribution in [0.15, 0.2) is 4.52 Å². The second-order valence-corrected chi connectivity index (χ2v) is 2.42. The Balaban J connectivity index is 3.21. The molecule has 0 radical (unpaired) electrons. The van der Waals surface area contributed by atoms with Crippen molar-refractivity contribution in [3.05, 3.63) is 17.0 Å². The number of halogens is 1. The van der Waals surface area contributed by atoms with E-state index in [2.05, 4.69) is 9.68 Å². The van der Waals surface area contributed by atoms with Crippen molar-refractivity contribution in [3.8, 4) is 0 Å². The highest BCUT2D eigenvalue weighted by atomic mass is 19.1. The van der Waals surface area contributed by atoms with Crippen LogP contribution in [0, 0.1) is 6.92 Å². The number of hydrogen-bond acceptors (Lipinski definition) is 3. The van der Waals surface area contributed by atoms with Gasteiger partial charge >= 0.3 is 5.97 Å². The Morgan fingerprint density at radius 3 is 2.67 bits per heavy atom. The molecule has 0 saturated carbocycles. The summed E-state index contributed by atoms with van der Waals surface area (Å²) in [5, 5.41) is 11.9. The Hall–Kier alpha value is -1.39. The summed E-state index contributed by atoms with van der Waals surface area (Å²) < 4.78 is 17.2. The summed E-state index contributed by atoms with van der Waals surface area (Å²) in [5.74, 6) is -1.09. The second-order valence-electron chi connectivity index (χ2n) is 2.42. The van der Waals surface area contributed by atoms with Crippen molar-refractivity contribution in [2.75, 3.05) is 0 Å². The second kappa shape index (κ2) is 2.92. The minimum absolute atomic E-state index is 0.127. The van der Waals surface area contributed by atoms with E-state index in [1.165, 1.54) is 13.8 Å². The average molecular weight is 173 g/mol.